The standard InChI is InChI=1S/C15H15FO4/c16-8-11-5-9(3-4-12(11)17)1-2-10-6-13(18)15(20)14(19)7-10/h3-7,17-20H,1-2,8H2. The van der Waals surface area contributed by atoms with Gasteiger partial charge in [-0.15, -0.1) is 0 Å². The number of aromatic hydroxyl groups is 4. The van der Waals surface area contributed by atoms with Crippen molar-refractivity contribution in [3.63, 3.8) is 0 Å². The monoisotopic (exact) mass is 278 g/mol. The molecule has 2 aromatic carbocycles. The second-order valence-electron chi connectivity index (χ2n) is 4.58. The van der Waals surface area contributed by atoms with E-state index in [0.29, 0.717) is 18.4 Å². The predicted octanol–water partition coefficient (Wildman–Crippen LogP) is 2.76. The molecule has 5 heteroatoms. The Morgan fingerprint density at radius 3 is 1.95 bits per heavy atom. The molecule has 4 N–H and O–H groups in total. The van der Waals surface area contributed by atoms with Crippen LogP contribution in [-0.4, -0.2) is 20.4 Å². The highest BCUT2D eigenvalue weighted by atomic mass is 19.1. The highest BCUT2D eigenvalue weighted by molar-refractivity contribution is 5.51. The fourth-order valence-corrected chi connectivity index (χ4v) is 2.00. The number of rotatable bonds is 4. The van der Waals surface area contributed by atoms with E-state index in [-0.39, 0.29) is 22.8 Å². The molecule has 4 nitrogen and oxygen atoms in total. The van der Waals surface area contributed by atoms with Gasteiger partial charge in [0.1, 0.15) is 12.4 Å². The zero-order chi connectivity index (χ0) is 14.7. The molecular weight excluding hydrogens is 263 g/mol. The third kappa shape index (κ3) is 2.93. The largest absolute Gasteiger partial charge is 0.508 e. The van der Waals surface area contributed by atoms with E-state index in [1.807, 2.05) is 0 Å². The maximum atomic E-state index is 12.6. The SMILES string of the molecule is Oc1ccc(CCc2cc(O)c(O)c(O)c2)cc1CF. The third-order valence-electron chi connectivity index (χ3n) is 3.12. The Bertz CT molecular complexity index is 602. The Labute approximate surface area is 115 Å². The van der Waals surface area contributed by atoms with Crippen LogP contribution in [0.3, 0.4) is 0 Å². The van der Waals surface area contributed by atoms with Crippen LogP contribution in [0.1, 0.15) is 16.7 Å². The van der Waals surface area contributed by atoms with Gasteiger partial charge in [0.15, 0.2) is 17.2 Å². The quantitative estimate of drug-likeness (QED) is 0.648. The summed E-state index contributed by atoms with van der Waals surface area (Å²) in [5.74, 6) is -1.38. The number of phenolic OH excluding ortho intramolecular Hbond substituents is 4. The second-order valence-corrected chi connectivity index (χ2v) is 4.58. The van der Waals surface area contributed by atoms with E-state index in [1.54, 1.807) is 12.1 Å². The molecule has 0 aliphatic carbocycles. The van der Waals surface area contributed by atoms with Gasteiger partial charge in [-0.2, -0.15) is 0 Å². The number of benzene rings is 2. The highest BCUT2D eigenvalue weighted by Crippen LogP contribution is 2.35. The maximum Gasteiger partial charge on any atom is 0.200 e. The van der Waals surface area contributed by atoms with Gasteiger partial charge in [0.2, 0.25) is 0 Å². The van der Waals surface area contributed by atoms with Crippen molar-refractivity contribution in [2.75, 3.05) is 0 Å². The summed E-state index contributed by atoms with van der Waals surface area (Å²) >= 11 is 0. The molecule has 20 heavy (non-hydrogen) atoms. The first-order valence-electron chi connectivity index (χ1n) is 6.12. The van der Waals surface area contributed by atoms with Crippen LogP contribution in [0, 0.1) is 0 Å². The van der Waals surface area contributed by atoms with Crippen molar-refractivity contribution in [2.24, 2.45) is 0 Å². The second kappa shape index (κ2) is 5.69. The summed E-state index contributed by atoms with van der Waals surface area (Å²) in [6.07, 6.45) is 1.05. The topological polar surface area (TPSA) is 80.9 Å². The number of halogens is 1. The van der Waals surface area contributed by atoms with Crippen LogP contribution in [0.15, 0.2) is 30.3 Å². The van der Waals surface area contributed by atoms with E-state index in [2.05, 4.69) is 0 Å². The molecule has 0 fully saturated rings. The lowest BCUT2D eigenvalue weighted by molar-refractivity contribution is 0.367. The molecule has 0 unspecified atom stereocenters. The number of hydrogen-bond acceptors (Lipinski definition) is 4. The lowest BCUT2D eigenvalue weighted by atomic mass is 10.0. The van der Waals surface area contributed by atoms with Gasteiger partial charge in [0, 0.05) is 5.56 Å². The van der Waals surface area contributed by atoms with Crippen molar-refractivity contribution in [3.05, 3.63) is 47.0 Å². The van der Waals surface area contributed by atoms with Crippen LogP contribution in [0.4, 0.5) is 4.39 Å². The van der Waals surface area contributed by atoms with Crippen LogP contribution in [0.25, 0.3) is 0 Å². The molecule has 0 aliphatic rings. The van der Waals surface area contributed by atoms with E-state index < -0.39 is 12.4 Å². The summed E-state index contributed by atoms with van der Waals surface area (Å²) in [6, 6.07) is 7.44. The predicted molar refractivity (Wildman–Crippen MR) is 71.8 cm³/mol. The van der Waals surface area contributed by atoms with Crippen LogP contribution in [0.5, 0.6) is 23.0 Å². The zero-order valence-electron chi connectivity index (χ0n) is 10.7. The number of phenols is 4. The summed E-state index contributed by atoms with van der Waals surface area (Å²) in [5, 5.41) is 37.4. The summed E-state index contributed by atoms with van der Waals surface area (Å²) < 4.78 is 12.6. The fraction of sp³-hybridized carbons (Fsp3) is 0.200. The van der Waals surface area contributed by atoms with Crippen LogP contribution < -0.4 is 0 Å². The minimum atomic E-state index is -0.736. The first-order valence-corrected chi connectivity index (χ1v) is 6.12. The molecule has 0 spiro atoms. The molecule has 0 aromatic heterocycles. The van der Waals surface area contributed by atoms with Gasteiger partial charge in [-0.25, -0.2) is 4.39 Å². The first-order chi connectivity index (χ1) is 9.51. The molecule has 106 valence electrons. The fourth-order valence-electron chi connectivity index (χ4n) is 2.00. The van der Waals surface area contributed by atoms with Crippen molar-refractivity contribution in [2.45, 2.75) is 19.5 Å². The Hall–Kier alpha value is -2.43. The zero-order valence-corrected chi connectivity index (χ0v) is 10.7. The van der Waals surface area contributed by atoms with E-state index in [4.69, 9.17) is 0 Å². The van der Waals surface area contributed by atoms with Gasteiger partial charge in [-0.05, 0) is 48.2 Å². The van der Waals surface area contributed by atoms with Crippen molar-refractivity contribution >= 4 is 0 Å². The van der Waals surface area contributed by atoms with Gasteiger partial charge >= 0.3 is 0 Å². The molecule has 2 aromatic rings. The third-order valence-corrected chi connectivity index (χ3v) is 3.12. The summed E-state index contributed by atoms with van der Waals surface area (Å²) in [7, 11) is 0. The van der Waals surface area contributed by atoms with Crippen molar-refractivity contribution in [1.29, 1.82) is 0 Å². The molecule has 0 atom stereocenters. The first kappa shape index (κ1) is 14.0. The minimum Gasteiger partial charge on any atom is -0.508 e. The Morgan fingerprint density at radius 1 is 0.750 bits per heavy atom. The van der Waals surface area contributed by atoms with Crippen molar-refractivity contribution < 1.29 is 24.8 Å². The van der Waals surface area contributed by atoms with Gasteiger partial charge in [-0.3, -0.25) is 0 Å². The molecule has 0 heterocycles. The van der Waals surface area contributed by atoms with E-state index in [0.717, 1.165) is 5.56 Å². The lowest BCUT2D eigenvalue weighted by Gasteiger charge is -2.07. The van der Waals surface area contributed by atoms with E-state index in [1.165, 1.54) is 18.2 Å². The van der Waals surface area contributed by atoms with Crippen LogP contribution >= 0.6 is 0 Å². The number of aryl methyl sites for hydroxylation is 2. The van der Waals surface area contributed by atoms with Crippen molar-refractivity contribution in [1.82, 2.24) is 0 Å². The molecule has 0 saturated carbocycles. The molecule has 0 saturated heterocycles. The van der Waals surface area contributed by atoms with E-state index in [9.17, 15) is 24.8 Å². The van der Waals surface area contributed by atoms with Crippen molar-refractivity contribution in [3.8, 4) is 23.0 Å². The molecule has 0 bridgehead atoms. The molecule has 2 rings (SSSR count). The van der Waals surface area contributed by atoms with Crippen LogP contribution in [-0.2, 0) is 19.5 Å². The molecular formula is C15H15FO4. The average Bonchev–Trinajstić information content (AvgIpc) is 2.43. The summed E-state index contributed by atoms with van der Waals surface area (Å²) in [6.45, 7) is -0.736. The Balaban J connectivity index is 2.13. The molecule has 0 amide bonds. The normalized spacial score (nSPS) is 10.7. The molecule has 0 aliphatic heterocycles. The lowest BCUT2D eigenvalue weighted by Crippen LogP contribution is -1.93. The van der Waals surface area contributed by atoms with Gasteiger partial charge in [0.25, 0.3) is 0 Å². The van der Waals surface area contributed by atoms with E-state index >= 15 is 0 Å². The number of hydrogen-bond donors (Lipinski definition) is 4. The molecule has 0 radical (unpaired) electrons. The highest BCUT2D eigenvalue weighted by Gasteiger charge is 2.09. The Morgan fingerprint density at radius 2 is 1.35 bits per heavy atom. The Kier molecular flexibility index (Phi) is 3.98. The van der Waals surface area contributed by atoms with Gasteiger partial charge < -0.3 is 20.4 Å². The minimum absolute atomic E-state index is 0.0730. The van der Waals surface area contributed by atoms with Gasteiger partial charge in [0.05, 0.1) is 0 Å². The maximum absolute atomic E-state index is 12.6. The smallest absolute Gasteiger partial charge is 0.200 e. The average molecular weight is 278 g/mol. The van der Waals surface area contributed by atoms with Crippen LogP contribution in [0.2, 0.25) is 0 Å². The summed E-state index contributed by atoms with van der Waals surface area (Å²) in [4.78, 5) is 0. The number of alkyl halides is 1. The summed E-state index contributed by atoms with van der Waals surface area (Å²) in [5.41, 5.74) is 1.72. The van der Waals surface area contributed by atoms with Gasteiger partial charge in [-0.1, -0.05) is 6.07 Å².